The first-order chi connectivity index (χ1) is 17.5. The van der Waals surface area contributed by atoms with Gasteiger partial charge in [0, 0.05) is 20.1 Å². The minimum absolute atomic E-state index is 0. The van der Waals surface area contributed by atoms with Crippen molar-refractivity contribution in [2.45, 2.75) is 6.92 Å². The third-order valence-electron chi connectivity index (χ3n) is 5.70. The molecular weight excluding hydrogens is 637 g/mol. The van der Waals surface area contributed by atoms with Crippen molar-refractivity contribution in [3.63, 3.8) is 0 Å². The van der Waals surface area contributed by atoms with Crippen LogP contribution in [0.25, 0.3) is 0 Å². The van der Waals surface area contributed by atoms with Gasteiger partial charge in [0.1, 0.15) is 0 Å². The van der Waals surface area contributed by atoms with E-state index >= 15 is 0 Å². The minimum Gasteiger partial charge on any atom is -0.510 e. The predicted molar refractivity (Wildman–Crippen MR) is 146 cm³/mol. The summed E-state index contributed by atoms with van der Waals surface area (Å²) in [5.74, 6) is 0. The standard InChI is InChI=1S/C16H13N2.C14H15N4.Ir/c1-14-7-9-16(10-8-14)18-12-11-17(13-18)15-5-3-2-4-6-15;1-15-6-8-17(11-15)13-4-3-5-14(10-13)18-9-7-16(2)12-18;/h2-5,7-9,11-13H,1H3;3-9,11-12H,1-2H3;/q2*-3;. The largest absolute Gasteiger partial charge is 0.510 e. The summed E-state index contributed by atoms with van der Waals surface area (Å²) in [7, 11) is 4.01. The molecule has 1 radical (unpaired) electrons. The number of benzene rings is 3. The van der Waals surface area contributed by atoms with Crippen LogP contribution in [0.3, 0.4) is 0 Å². The van der Waals surface area contributed by atoms with Crippen molar-refractivity contribution >= 4 is 22.7 Å². The number of nitrogens with zero attached hydrogens (tertiary/aromatic N) is 6. The summed E-state index contributed by atoms with van der Waals surface area (Å²) in [6, 6.07) is 30.1. The smallest absolute Gasteiger partial charge is 0 e. The van der Waals surface area contributed by atoms with Gasteiger partial charge in [0.25, 0.3) is 0 Å². The van der Waals surface area contributed by atoms with E-state index in [1.165, 1.54) is 5.56 Å². The number of hydrogen-bond donors (Lipinski definition) is 0. The van der Waals surface area contributed by atoms with Gasteiger partial charge in [-0.25, -0.2) is 0 Å². The summed E-state index contributed by atoms with van der Waals surface area (Å²) in [4.78, 5) is 12.2. The van der Waals surface area contributed by atoms with Crippen LogP contribution in [-0.2, 0) is 20.1 Å². The van der Waals surface area contributed by atoms with Crippen molar-refractivity contribution in [1.82, 2.24) is 9.80 Å². The molecule has 0 spiro atoms. The molecule has 3 heterocycles. The van der Waals surface area contributed by atoms with Crippen LogP contribution < -0.4 is 19.6 Å². The van der Waals surface area contributed by atoms with Crippen molar-refractivity contribution in [3.05, 3.63) is 142 Å². The molecule has 0 aromatic heterocycles. The Kier molecular flexibility index (Phi) is 8.59. The molecule has 0 saturated carbocycles. The molecule has 3 aromatic carbocycles. The maximum absolute atomic E-state index is 3.40. The molecule has 6 nitrogen and oxygen atoms in total. The fourth-order valence-electron chi connectivity index (χ4n) is 3.77. The van der Waals surface area contributed by atoms with Crippen molar-refractivity contribution in [2.75, 3.05) is 33.7 Å². The Balaban J connectivity index is 0.000000168. The molecule has 7 heteroatoms. The monoisotopic (exact) mass is 665 g/mol. The second-order valence-corrected chi connectivity index (χ2v) is 8.62. The zero-order valence-corrected chi connectivity index (χ0v) is 23.4. The Bertz CT molecular complexity index is 1200. The van der Waals surface area contributed by atoms with Crippen LogP contribution in [0.2, 0.25) is 0 Å². The van der Waals surface area contributed by atoms with Crippen LogP contribution in [-0.4, -0.2) is 23.9 Å². The molecule has 0 bridgehead atoms. The summed E-state index contributed by atoms with van der Waals surface area (Å²) in [5.41, 5.74) is 5.35. The first-order valence-corrected chi connectivity index (χ1v) is 11.7. The molecule has 0 atom stereocenters. The molecule has 193 valence electrons. The fraction of sp³-hybridized carbons (Fsp3) is 0.100. The zero-order chi connectivity index (χ0) is 24.9. The van der Waals surface area contributed by atoms with Gasteiger partial charge >= 0.3 is 0 Å². The average Bonchev–Trinajstić information content (AvgIpc) is 3.67. The first kappa shape index (κ1) is 26.4. The number of anilines is 4. The van der Waals surface area contributed by atoms with Gasteiger partial charge in [0.15, 0.2) is 0 Å². The van der Waals surface area contributed by atoms with Gasteiger partial charge in [-0.3, -0.25) is 0 Å². The molecule has 0 unspecified atom stereocenters. The maximum Gasteiger partial charge on any atom is 0 e. The summed E-state index contributed by atoms with van der Waals surface area (Å²) < 4.78 is 0. The number of para-hydroxylation sites is 1. The van der Waals surface area contributed by atoms with Crippen molar-refractivity contribution in [2.24, 2.45) is 0 Å². The first-order valence-electron chi connectivity index (χ1n) is 11.7. The second kappa shape index (κ2) is 12.0. The second-order valence-electron chi connectivity index (χ2n) is 8.62. The van der Waals surface area contributed by atoms with Gasteiger partial charge in [0.2, 0.25) is 0 Å². The van der Waals surface area contributed by atoms with Crippen LogP contribution in [0.15, 0.2) is 97.9 Å². The normalized spacial score (nSPS) is 15.9. The number of rotatable bonds is 4. The predicted octanol–water partition coefficient (Wildman–Crippen LogP) is 5.68. The summed E-state index contributed by atoms with van der Waals surface area (Å²) in [6.07, 6.45) is 12.1. The van der Waals surface area contributed by atoms with E-state index in [2.05, 4.69) is 37.3 Å². The van der Waals surface area contributed by atoms with Gasteiger partial charge < -0.3 is 29.4 Å². The van der Waals surface area contributed by atoms with Gasteiger partial charge in [-0.2, -0.15) is 73.5 Å². The van der Waals surface area contributed by atoms with E-state index in [4.69, 9.17) is 0 Å². The molecule has 0 amide bonds. The van der Waals surface area contributed by atoms with Crippen LogP contribution in [0.1, 0.15) is 5.56 Å². The van der Waals surface area contributed by atoms with E-state index in [9.17, 15) is 0 Å². The molecule has 0 aliphatic carbocycles. The quantitative estimate of drug-likeness (QED) is 0.332. The minimum atomic E-state index is 0. The third-order valence-corrected chi connectivity index (χ3v) is 5.70. The van der Waals surface area contributed by atoms with E-state index in [0.29, 0.717) is 0 Å². The van der Waals surface area contributed by atoms with Crippen LogP contribution in [0.5, 0.6) is 0 Å². The summed E-state index contributed by atoms with van der Waals surface area (Å²) in [6.45, 7) is 8.12. The van der Waals surface area contributed by atoms with Gasteiger partial charge in [-0.05, 0) is 51.3 Å². The summed E-state index contributed by atoms with van der Waals surface area (Å²) >= 11 is 0. The van der Waals surface area contributed by atoms with Gasteiger partial charge in [-0.1, -0.05) is 6.92 Å². The summed E-state index contributed by atoms with van der Waals surface area (Å²) in [5, 5.41) is 0. The molecule has 3 aromatic rings. The van der Waals surface area contributed by atoms with E-state index in [0.717, 1.165) is 22.7 Å². The van der Waals surface area contributed by atoms with Crippen LogP contribution in [0.4, 0.5) is 22.7 Å². The van der Waals surface area contributed by atoms with E-state index in [1.807, 2.05) is 149 Å². The van der Waals surface area contributed by atoms with Crippen molar-refractivity contribution in [3.8, 4) is 0 Å². The third kappa shape index (κ3) is 6.56. The topological polar surface area (TPSA) is 19.4 Å². The molecule has 3 aliphatic heterocycles. The van der Waals surface area contributed by atoms with Crippen LogP contribution in [0, 0.1) is 45.1 Å². The Morgan fingerprint density at radius 2 is 1.11 bits per heavy atom. The number of aryl methyl sites for hydroxylation is 1. The van der Waals surface area contributed by atoms with E-state index in [1.54, 1.807) is 0 Å². The Labute approximate surface area is 234 Å². The maximum atomic E-state index is 3.40. The van der Waals surface area contributed by atoms with Gasteiger partial charge in [-0.15, -0.1) is 53.7 Å². The fourth-order valence-corrected chi connectivity index (χ4v) is 3.77. The molecule has 0 saturated heterocycles. The Morgan fingerprint density at radius 3 is 1.59 bits per heavy atom. The molecule has 0 fully saturated rings. The van der Waals surface area contributed by atoms with E-state index < -0.39 is 0 Å². The molecule has 6 rings (SSSR count). The Morgan fingerprint density at radius 1 is 0.568 bits per heavy atom. The molecular formula is C30H28IrN6-6. The van der Waals surface area contributed by atoms with Crippen molar-refractivity contribution < 1.29 is 20.1 Å². The molecule has 3 aliphatic rings. The number of hydrogen-bond acceptors (Lipinski definition) is 6. The van der Waals surface area contributed by atoms with Gasteiger partial charge in [0.05, 0.1) is 0 Å². The van der Waals surface area contributed by atoms with Crippen LogP contribution >= 0.6 is 0 Å². The molecule has 37 heavy (non-hydrogen) atoms. The molecule has 0 N–H and O–H groups in total. The van der Waals surface area contributed by atoms with E-state index in [-0.39, 0.29) is 20.1 Å². The average molecular weight is 665 g/mol. The Hall–Kier alpha value is -3.67. The zero-order valence-electron chi connectivity index (χ0n) is 21.0. The SMILES string of the molecule is CN1C=CN(c2[c-]c(N3C=CN(C)[CH-]3)ccc2)[CH-]1.Cc1c[c-]c(N2C=CN(c3[c-]cccc3)[CH-]2)cc1.[Ir]. The van der Waals surface area contributed by atoms with Crippen molar-refractivity contribution in [1.29, 1.82) is 0 Å².